The van der Waals surface area contributed by atoms with Crippen molar-refractivity contribution in [1.82, 2.24) is 9.46 Å². The molecule has 0 amide bonds. The molecular formula is C5H5BN3-. The molecular weight excluding hydrogens is 113 g/mol. The molecule has 0 aromatic carbocycles. The zero-order chi connectivity index (χ0) is 6.69. The lowest BCUT2D eigenvalue weighted by molar-refractivity contribution is 1.07. The van der Waals surface area contributed by atoms with Gasteiger partial charge in [-0.05, 0) is 13.1 Å². The number of hydrogen-bond acceptors (Lipinski definition) is 2. The molecule has 1 aromatic rings. The summed E-state index contributed by atoms with van der Waals surface area (Å²) in [6.45, 7) is 1.84. The first-order chi connectivity index (χ1) is 4.34. The van der Waals surface area contributed by atoms with Crippen molar-refractivity contribution in [2.24, 2.45) is 0 Å². The molecule has 0 aliphatic rings. The van der Waals surface area contributed by atoms with Crippen molar-refractivity contribution in [2.45, 2.75) is 6.92 Å². The predicted octanol–water partition coefficient (Wildman–Crippen LogP) is 0.140. The number of aromatic nitrogens is 2. The van der Waals surface area contributed by atoms with E-state index in [2.05, 4.69) is 4.98 Å². The van der Waals surface area contributed by atoms with Gasteiger partial charge in [-0.2, -0.15) is 0 Å². The molecule has 44 valence electrons. The summed E-state index contributed by atoms with van der Waals surface area (Å²) < 4.78 is 1.67. The van der Waals surface area contributed by atoms with Gasteiger partial charge in [-0.3, -0.25) is 5.26 Å². The fourth-order valence-corrected chi connectivity index (χ4v) is 0.586. The van der Waals surface area contributed by atoms with Crippen LogP contribution in [0.4, 0.5) is 0 Å². The molecule has 9 heavy (non-hydrogen) atoms. The zero-order valence-corrected chi connectivity index (χ0v) is 5.07. The first-order valence-electron chi connectivity index (χ1n) is 2.57. The van der Waals surface area contributed by atoms with Gasteiger partial charge in [-0.15, -0.1) is 0 Å². The van der Waals surface area contributed by atoms with E-state index in [1.165, 1.54) is 7.41 Å². The fraction of sp³-hybridized carbons (Fsp3) is 0.200. The highest BCUT2D eigenvalue weighted by Crippen LogP contribution is 1.89. The van der Waals surface area contributed by atoms with E-state index in [-0.39, 0.29) is 0 Å². The lowest BCUT2D eigenvalue weighted by Gasteiger charge is -2.09. The smallest absolute Gasteiger partial charge is 0.0609 e. The van der Waals surface area contributed by atoms with Crippen molar-refractivity contribution in [2.75, 3.05) is 0 Å². The highest BCUT2D eigenvalue weighted by molar-refractivity contribution is 6.43. The summed E-state index contributed by atoms with van der Waals surface area (Å²) in [5, 5.41) is 8.21. The number of aryl methyl sites for hydroxylation is 1. The van der Waals surface area contributed by atoms with Crippen LogP contribution in [0.5, 0.6) is 0 Å². The summed E-state index contributed by atoms with van der Waals surface area (Å²) in [6, 6.07) is 0. The Bertz CT molecular complexity index is 235. The maximum Gasteiger partial charge on any atom is 0.0609 e. The largest absolute Gasteiger partial charge is 0.560 e. The molecule has 1 rings (SSSR count). The van der Waals surface area contributed by atoms with Gasteiger partial charge in [0.2, 0.25) is 0 Å². The molecule has 2 radical (unpaired) electrons. The Morgan fingerprint density at radius 2 is 2.67 bits per heavy atom. The maximum absolute atomic E-state index is 8.21. The quantitative estimate of drug-likeness (QED) is 0.492. The van der Waals surface area contributed by atoms with Crippen LogP contribution in [0.3, 0.4) is 0 Å². The molecule has 0 unspecified atom stereocenters. The van der Waals surface area contributed by atoms with E-state index in [9.17, 15) is 0 Å². The minimum atomic E-state index is 0.830. The molecule has 0 saturated heterocycles. The molecule has 0 aliphatic carbocycles. The van der Waals surface area contributed by atoms with Crippen molar-refractivity contribution in [3.05, 3.63) is 18.2 Å². The predicted molar refractivity (Wildman–Crippen MR) is 33.7 cm³/mol. The van der Waals surface area contributed by atoms with Crippen LogP contribution in [-0.2, 0) is 0 Å². The van der Waals surface area contributed by atoms with Crippen molar-refractivity contribution in [3.8, 4) is 5.97 Å². The molecule has 0 fully saturated rings. The molecule has 0 aliphatic heterocycles. The Morgan fingerprint density at radius 3 is 3.11 bits per heavy atom. The van der Waals surface area contributed by atoms with Crippen LogP contribution in [0, 0.1) is 18.2 Å². The van der Waals surface area contributed by atoms with Crippen LogP contribution in [0.25, 0.3) is 0 Å². The fourth-order valence-electron chi connectivity index (χ4n) is 0.586. The Labute approximate surface area is 54.2 Å². The third kappa shape index (κ3) is 1.11. The van der Waals surface area contributed by atoms with E-state index in [0.29, 0.717) is 0 Å². The molecule has 1 heterocycles. The minimum Gasteiger partial charge on any atom is -0.560 e. The highest BCUT2D eigenvalue weighted by Gasteiger charge is 1.81. The van der Waals surface area contributed by atoms with Crippen molar-refractivity contribution < 1.29 is 0 Å². The standard InChI is InChI=1S/C5H5BN3/c1-5-8-2-3-9(5)6-4-7/h2-3H,1H3/q-1. The molecule has 3 nitrogen and oxygen atoms in total. The normalized spacial score (nSPS) is 8.89. The van der Waals surface area contributed by atoms with Gasteiger partial charge in [0.1, 0.15) is 0 Å². The SMILES string of the molecule is Cc1nccn1[B-]C#N. The summed E-state index contributed by atoms with van der Waals surface area (Å²) in [5.41, 5.74) is 0. The lowest BCUT2D eigenvalue weighted by Crippen LogP contribution is -2.03. The average Bonchev–Trinajstić information content (AvgIpc) is 2.18. The summed E-state index contributed by atoms with van der Waals surface area (Å²) >= 11 is 0. The molecule has 0 atom stereocenters. The van der Waals surface area contributed by atoms with Crippen LogP contribution >= 0.6 is 0 Å². The average molecular weight is 118 g/mol. The van der Waals surface area contributed by atoms with Gasteiger partial charge >= 0.3 is 0 Å². The number of rotatable bonds is 1. The van der Waals surface area contributed by atoms with Crippen molar-refractivity contribution >= 4 is 7.41 Å². The minimum absolute atomic E-state index is 0.830. The monoisotopic (exact) mass is 118 g/mol. The van der Waals surface area contributed by atoms with Gasteiger partial charge in [0, 0.05) is 6.20 Å². The van der Waals surface area contributed by atoms with E-state index in [1.54, 1.807) is 16.9 Å². The molecule has 0 N–H and O–H groups in total. The maximum atomic E-state index is 8.21. The summed E-state index contributed by atoms with van der Waals surface area (Å²) in [4.78, 5) is 3.92. The van der Waals surface area contributed by atoms with Gasteiger partial charge in [0.15, 0.2) is 0 Å². The van der Waals surface area contributed by atoms with E-state index < -0.39 is 0 Å². The van der Waals surface area contributed by atoms with Crippen LogP contribution < -0.4 is 0 Å². The molecule has 4 heteroatoms. The highest BCUT2D eigenvalue weighted by atomic mass is 15.0. The number of imidazole rings is 1. The van der Waals surface area contributed by atoms with E-state index >= 15 is 0 Å². The van der Waals surface area contributed by atoms with Crippen LogP contribution in [0.2, 0.25) is 0 Å². The van der Waals surface area contributed by atoms with Gasteiger partial charge in [0.25, 0.3) is 0 Å². The molecule has 0 bridgehead atoms. The number of nitrogens with zero attached hydrogens (tertiary/aromatic N) is 3. The van der Waals surface area contributed by atoms with Gasteiger partial charge in [-0.1, -0.05) is 7.41 Å². The molecule has 0 saturated carbocycles. The molecule has 0 spiro atoms. The second-order valence-corrected chi connectivity index (χ2v) is 1.64. The topological polar surface area (TPSA) is 41.6 Å². The second kappa shape index (κ2) is 2.36. The Hall–Kier alpha value is -1.24. The van der Waals surface area contributed by atoms with Crippen molar-refractivity contribution in [3.63, 3.8) is 0 Å². The van der Waals surface area contributed by atoms with Gasteiger partial charge in [-0.25, -0.2) is 11.0 Å². The third-order valence-electron chi connectivity index (χ3n) is 1.06. The Balaban J connectivity index is 2.84. The zero-order valence-electron chi connectivity index (χ0n) is 5.07. The van der Waals surface area contributed by atoms with Crippen LogP contribution in [0.1, 0.15) is 5.82 Å². The first-order valence-corrected chi connectivity index (χ1v) is 2.57. The summed E-state index contributed by atoms with van der Waals surface area (Å²) in [7, 11) is 1.41. The first kappa shape index (κ1) is 5.89. The lowest BCUT2D eigenvalue weighted by atomic mass is 9.98. The summed E-state index contributed by atoms with van der Waals surface area (Å²) in [6.07, 6.45) is 3.39. The number of nitriles is 1. The third-order valence-corrected chi connectivity index (χ3v) is 1.06. The van der Waals surface area contributed by atoms with Crippen LogP contribution in [-0.4, -0.2) is 16.9 Å². The van der Waals surface area contributed by atoms with Crippen molar-refractivity contribution in [1.29, 1.82) is 5.26 Å². The van der Waals surface area contributed by atoms with E-state index in [0.717, 1.165) is 5.82 Å². The van der Waals surface area contributed by atoms with Gasteiger partial charge in [0.05, 0.1) is 5.82 Å². The Morgan fingerprint density at radius 1 is 1.89 bits per heavy atom. The van der Waals surface area contributed by atoms with E-state index in [1.807, 2.05) is 12.9 Å². The second-order valence-electron chi connectivity index (χ2n) is 1.64. The molecule has 1 aromatic heterocycles. The van der Waals surface area contributed by atoms with Crippen LogP contribution in [0.15, 0.2) is 12.4 Å². The van der Waals surface area contributed by atoms with E-state index in [4.69, 9.17) is 5.26 Å². The van der Waals surface area contributed by atoms with Gasteiger partial charge < -0.3 is 4.48 Å². The number of hydrogen-bond donors (Lipinski definition) is 0. The Kier molecular flexibility index (Phi) is 1.54. The summed E-state index contributed by atoms with van der Waals surface area (Å²) in [5.74, 6) is 2.74.